The Morgan fingerprint density at radius 1 is 1.15 bits per heavy atom. The van der Waals surface area contributed by atoms with Crippen LogP contribution in [0.25, 0.3) is 16.9 Å². The smallest absolute Gasteiger partial charge is 0.160 e. The highest BCUT2D eigenvalue weighted by atomic mass is 16.5. The van der Waals surface area contributed by atoms with E-state index >= 15 is 0 Å². The number of fused-ring (bicyclic) bond motifs is 1. The van der Waals surface area contributed by atoms with Crippen molar-refractivity contribution in [2.45, 2.75) is 13.8 Å². The molecule has 0 bridgehead atoms. The number of nitrogen functional groups attached to an aromatic ring is 1. The summed E-state index contributed by atoms with van der Waals surface area (Å²) in [7, 11) is 0. The zero-order chi connectivity index (χ0) is 14.1. The first-order chi connectivity index (χ1) is 9.69. The molecule has 0 unspecified atom stereocenters. The Kier molecular flexibility index (Phi) is 3.06. The van der Waals surface area contributed by atoms with Gasteiger partial charge in [-0.3, -0.25) is 0 Å². The van der Waals surface area contributed by atoms with E-state index in [4.69, 9.17) is 10.5 Å². The topological polar surface area (TPSA) is 52.5 Å². The molecule has 1 aromatic carbocycles. The van der Waals surface area contributed by atoms with Gasteiger partial charge in [-0.25, -0.2) is 4.98 Å². The molecule has 4 heteroatoms. The predicted molar refractivity (Wildman–Crippen MR) is 80.9 cm³/mol. The molecule has 0 atom stereocenters. The van der Waals surface area contributed by atoms with Crippen molar-refractivity contribution in [3.05, 3.63) is 48.3 Å². The number of pyridine rings is 1. The van der Waals surface area contributed by atoms with Gasteiger partial charge in [0.25, 0.3) is 0 Å². The van der Waals surface area contributed by atoms with Crippen molar-refractivity contribution in [2.75, 3.05) is 12.3 Å². The Bertz CT molecular complexity index is 705. The van der Waals surface area contributed by atoms with Gasteiger partial charge in [0.2, 0.25) is 0 Å². The van der Waals surface area contributed by atoms with E-state index in [2.05, 4.69) is 4.98 Å². The van der Waals surface area contributed by atoms with Crippen LogP contribution in [0.15, 0.2) is 42.6 Å². The lowest BCUT2D eigenvalue weighted by Gasteiger charge is -2.02. The minimum absolute atomic E-state index is 0.670. The molecule has 2 N–H and O–H groups in total. The van der Waals surface area contributed by atoms with E-state index in [0.717, 1.165) is 28.3 Å². The lowest BCUT2D eigenvalue weighted by atomic mass is 10.2. The lowest BCUT2D eigenvalue weighted by Crippen LogP contribution is -1.94. The van der Waals surface area contributed by atoms with E-state index in [1.165, 1.54) is 0 Å². The average molecular weight is 267 g/mol. The molecule has 0 saturated heterocycles. The minimum atomic E-state index is 0.670. The SMILES string of the molecule is CCOc1ccc(-c2cn3c(C)ccc(N)c3n2)cc1. The predicted octanol–water partition coefficient (Wildman–Crippen LogP) is 3.29. The van der Waals surface area contributed by atoms with Crippen LogP contribution in [0.5, 0.6) is 5.75 Å². The maximum absolute atomic E-state index is 5.98. The van der Waals surface area contributed by atoms with Gasteiger partial charge in [0.05, 0.1) is 18.0 Å². The number of hydrogen-bond donors (Lipinski definition) is 1. The Morgan fingerprint density at radius 2 is 1.90 bits per heavy atom. The van der Waals surface area contributed by atoms with Crippen LogP contribution in [0, 0.1) is 6.92 Å². The van der Waals surface area contributed by atoms with E-state index < -0.39 is 0 Å². The number of ether oxygens (including phenoxy) is 1. The highest BCUT2D eigenvalue weighted by molar-refractivity contribution is 5.71. The minimum Gasteiger partial charge on any atom is -0.494 e. The Balaban J connectivity index is 2.06. The van der Waals surface area contributed by atoms with Gasteiger partial charge in [0.15, 0.2) is 5.65 Å². The van der Waals surface area contributed by atoms with Crippen LogP contribution >= 0.6 is 0 Å². The van der Waals surface area contributed by atoms with Crippen molar-refractivity contribution in [3.63, 3.8) is 0 Å². The number of aryl methyl sites for hydroxylation is 1. The number of aromatic nitrogens is 2. The summed E-state index contributed by atoms with van der Waals surface area (Å²) in [5, 5.41) is 0. The molecule has 0 saturated carbocycles. The number of hydrogen-bond acceptors (Lipinski definition) is 3. The molecule has 2 heterocycles. The van der Waals surface area contributed by atoms with Crippen molar-refractivity contribution in [1.29, 1.82) is 0 Å². The number of anilines is 1. The van der Waals surface area contributed by atoms with E-state index in [1.807, 2.05) is 60.8 Å². The molecule has 0 aliphatic rings. The maximum Gasteiger partial charge on any atom is 0.160 e. The number of nitrogens with two attached hydrogens (primary N) is 1. The molecule has 3 aromatic rings. The van der Waals surface area contributed by atoms with Gasteiger partial charge in [0.1, 0.15) is 5.75 Å². The Hall–Kier alpha value is -2.49. The molecule has 0 radical (unpaired) electrons. The second-order valence-corrected chi connectivity index (χ2v) is 4.71. The van der Waals surface area contributed by atoms with Gasteiger partial charge >= 0.3 is 0 Å². The van der Waals surface area contributed by atoms with Crippen LogP contribution in [-0.2, 0) is 0 Å². The van der Waals surface area contributed by atoms with Gasteiger partial charge in [-0.2, -0.15) is 0 Å². The first-order valence-electron chi connectivity index (χ1n) is 6.66. The third-order valence-corrected chi connectivity index (χ3v) is 3.31. The van der Waals surface area contributed by atoms with Gasteiger partial charge in [-0.05, 0) is 50.2 Å². The van der Waals surface area contributed by atoms with Gasteiger partial charge in [-0.15, -0.1) is 0 Å². The summed E-state index contributed by atoms with van der Waals surface area (Å²) in [5.41, 5.74) is 10.5. The highest BCUT2D eigenvalue weighted by Crippen LogP contribution is 2.24. The molecule has 0 fully saturated rings. The molecule has 4 nitrogen and oxygen atoms in total. The monoisotopic (exact) mass is 267 g/mol. The van der Waals surface area contributed by atoms with Crippen molar-refractivity contribution in [1.82, 2.24) is 9.38 Å². The molecular formula is C16H17N3O. The molecule has 2 aromatic heterocycles. The zero-order valence-corrected chi connectivity index (χ0v) is 11.6. The fraction of sp³-hybridized carbons (Fsp3) is 0.188. The third-order valence-electron chi connectivity index (χ3n) is 3.31. The lowest BCUT2D eigenvalue weighted by molar-refractivity contribution is 0.340. The Labute approximate surface area is 117 Å². The molecule has 20 heavy (non-hydrogen) atoms. The van der Waals surface area contributed by atoms with E-state index in [9.17, 15) is 0 Å². The van der Waals surface area contributed by atoms with Gasteiger partial charge in [0, 0.05) is 17.5 Å². The Morgan fingerprint density at radius 3 is 2.55 bits per heavy atom. The van der Waals surface area contributed by atoms with Crippen molar-refractivity contribution < 1.29 is 4.74 Å². The van der Waals surface area contributed by atoms with E-state index in [1.54, 1.807) is 0 Å². The molecule has 0 spiro atoms. The standard InChI is InChI=1S/C16H17N3O/c1-3-20-13-7-5-12(6-8-13)15-10-19-11(2)4-9-14(17)16(19)18-15/h4-10H,3,17H2,1-2H3. The summed E-state index contributed by atoms with van der Waals surface area (Å²) in [6, 6.07) is 11.8. The summed E-state index contributed by atoms with van der Waals surface area (Å²) in [4.78, 5) is 4.62. The summed E-state index contributed by atoms with van der Waals surface area (Å²) >= 11 is 0. The van der Waals surface area contributed by atoms with Crippen LogP contribution in [0.1, 0.15) is 12.6 Å². The summed E-state index contributed by atoms with van der Waals surface area (Å²) < 4.78 is 7.46. The third kappa shape index (κ3) is 2.09. The number of nitrogens with zero attached hydrogens (tertiary/aromatic N) is 2. The molecule has 0 aliphatic heterocycles. The van der Waals surface area contributed by atoms with E-state index in [-0.39, 0.29) is 0 Å². The van der Waals surface area contributed by atoms with Crippen molar-refractivity contribution >= 4 is 11.3 Å². The largest absolute Gasteiger partial charge is 0.494 e. The number of imidazole rings is 1. The first kappa shape index (κ1) is 12.5. The fourth-order valence-electron chi connectivity index (χ4n) is 2.25. The quantitative estimate of drug-likeness (QED) is 0.792. The van der Waals surface area contributed by atoms with Crippen LogP contribution in [0.2, 0.25) is 0 Å². The molecule has 0 aliphatic carbocycles. The van der Waals surface area contributed by atoms with Gasteiger partial charge < -0.3 is 14.9 Å². The summed E-state index contributed by atoms with van der Waals surface area (Å²) in [6.07, 6.45) is 2.01. The van der Waals surface area contributed by atoms with E-state index in [0.29, 0.717) is 12.3 Å². The second-order valence-electron chi connectivity index (χ2n) is 4.71. The number of rotatable bonds is 3. The average Bonchev–Trinajstić information content (AvgIpc) is 2.91. The van der Waals surface area contributed by atoms with Crippen molar-refractivity contribution in [2.24, 2.45) is 0 Å². The summed E-state index contributed by atoms with van der Waals surface area (Å²) in [5.74, 6) is 0.871. The van der Waals surface area contributed by atoms with Crippen LogP contribution in [0.4, 0.5) is 5.69 Å². The fourth-order valence-corrected chi connectivity index (χ4v) is 2.25. The zero-order valence-electron chi connectivity index (χ0n) is 11.6. The normalized spacial score (nSPS) is 10.9. The summed E-state index contributed by atoms with van der Waals surface area (Å²) in [6.45, 7) is 4.68. The van der Waals surface area contributed by atoms with Crippen LogP contribution in [-0.4, -0.2) is 16.0 Å². The molecule has 0 amide bonds. The van der Waals surface area contributed by atoms with Crippen LogP contribution in [0.3, 0.4) is 0 Å². The van der Waals surface area contributed by atoms with Crippen LogP contribution < -0.4 is 10.5 Å². The maximum atomic E-state index is 5.98. The molecular weight excluding hydrogens is 250 g/mol. The van der Waals surface area contributed by atoms with Gasteiger partial charge in [-0.1, -0.05) is 0 Å². The molecule has 102 valence electrons. The second kappa shape index (κ2) is 4.89. The van der Waals surface area contributed by atoms with Crippen molar-refractivity contribution in [3.8, 4) is 17.0 Å². The first-order valence-corrected chi connectivity index (χ1v) is 6.66. The highest BCUT2D eigenvalue weighted by Gasteiger charge is 2.08. The molecule has 3 rings (SSSR count). The number of benzene rings is 1.